The molecule has 5 aromatic carbocycles. The average Bonchev–Trinajstić information content (AvgIpc) is 1.71. The number of imidazole rings is 1. The highest BCUT2D eigenvalue weighted by Gasteiger charge is 2.50. The van der Waals surface area contributed by atoms with Gasteiger partial charge < -0.3 is 32.7 Å². The zero-order chi connectivity index (χ0) is 63.0. The van der Waals surface area contributed by atoms with Gasteiger partial charge >= 0.3 is 21.3 Å². The first-order valence-corrected chi connectivity index (χ1v) is 31.5. The Morgan fingerprint density at radius 1 is 0.719 bits per heavy atom. The number of aromatic amines is 2. The number of nitriles is 1. The molecule has 29 heteroatoms. The lowest BCUT2D eigenvalue weighted by molar-refractivity contribution is -0.118. The first-order chi connectivity index (χ1) is 42.8. The van der Waals surface area contributed by atoms with Crippen LogP contribution >= 0.6 is 38.8 Å². The molecule has 2 fully saturated rings. The van der Waals surface area contributed by atoms with E-state index in [4.69, 9.17) is 74.0 Å². The molecule has 2 saturated heterocycles. The fourth-order valence-corrected chi connectivity index (χ4v) is 13.0. The highest BCUT2D eigenvalue weighted by Crippen LogP contribution is 2.57. The van der Waals surface area contributed by atoms with Crippen molar-refractivity contribution in [1.82, 2.24) is 29.1 Å². The number of benzene rings is 5. The van der Waals surface area contributed by atoms with E-state index in [1.54, 1.807) is 52.3 Å². The van der Waals surface area contributed by atoms with Crippen molar-refractivity contribution in [1.29, 1.82) is 5.26 Å². The summed E-state index contributed by atoms with van der Waals surface area (Å²) in [7, 11) is -6.75. The van der Waals surface area contributed by atoms with Crippen molar-refractivity contribution in [3.05, 3.63) is 203 Å². The van der Waals surface area contributed by atoms with E-state index in [2.05, 4.69) is 25.3 Å². The number of phosphoric ester groups is 2. The molecule has 8 aromatic rings. The predicted octanol–water partition coefficient (Wildman–Crippen LogP) is 10.6. The second-order valence-electron chi connectivity index (χ2n) is 20.7. The van der Waals surface area contributed by atoms with E-state index < -0.39 is 100.0 Å². The van der Waals surface area contributed by atoms with E-state index in [-0.39, 0.29) is 60.0 Å². The van der Waals surface area contributed by atoms with Gasteiger partial charge in [-0.25, -0.2) is 18.9 Å². The molecule has 0 radical (unpaired) electrons. The van der Waals surface area contributed by atoms with Crippen LogP contribution in [0.25, 0.3) is 11.2 Å². The van der Waals surface area contributed by atoms with E-state index >= 15 is 4.57 Å². The number of nitrogens with one attached hydrogen (secondary N) is 3. The summed E-state index contributed by atoms with van der Waals surface area (Å²) in [5.74, 6) is 0.0664. The Labute approximate surface area is 518 Å². The molecule has 25 nitrogen and oxygen atoms in total. The Morgan fingerprint density at radius 3 is 1.78 bits per heavy atom. The molecule has 1 amide bonds. The van der Waals surface area contributed by atoms with Crippen LogP contribution in [0.1, 0.15) is 67.8 Å². The molecular weight excluding hydrogens is 1240 g/mol. The van der Waals surface area contributed by atoms with Gasteiger partial charge in [0.1, 0.15) is 65.5 Å². The third-order valence-electron chi connectivity index (χ3n) is 14.4. The SMILES string of the molecule is COc1ccc(C(OC[C@H]2O[C@@H](n3cnc4c(=O)[nH]c(NC(=O)C(C)C)nc43)C[C@@H]2OP(=O)(OC[C@H]2O[C@@H](n3cc(C)c(=O)[nH]c3=O)C[C@@H]2OP(=O)(OCCC#N)Oc2ccc(Cl)cc2)Oc2ccc(Cl)cc2)(c2ccccc2)c2ccc(OC)cc2)cc1. The maximum Gasteiger partial charge on any atom is 0.530 e. The molecule has 0 spiro atoms. The Bertz CT molecular complexity index is 4070. The van der Waals surface area contributed by atoms with Gasteiger partial charge in [-0.1, -0.05) is 91.6 Å². The number of rotatable bonds is 26. The molecule has 0 bridgehead atoms. The van der Waals surface area contributed by atoms with E-state index in [0.29, 0.717) is 38.2 Å². The number of aromatic nitrogens is 6. The van der Waals surface area contributed by atoms with E-state index in [9.17, 15) is 29.0 Å². The maximum atomic E-state index is 16.0. The summed E-state index contributed by atoms with van der Waals surface area (Å²) in [6, 6.07) is 37.6. The van der Waals surface area contributed by atoms with Crippen molar-refractivity contribution < 1.29 is 64.8 Å². The normalized spacial score (nSPS) is 19.7. The minimum absolute atomic E-state index is 0.00828. The number of carbonyl (C=O) groups is 1. The van der Waals surface area contributed by atoms with Gasteiger partial charge in [-0.3, -0.25) is 56.9 Å². The number of methoxy groups -OCH3 is 2. The molecule has 3 N–H and O–H groups in total. The summed E-state index contributed by atoms with van der Waals surface area (Å²) in [5, 5.41) is 12.7. The number of carbonyl (C=O) groups excluding carboxylic acids is 1. The standard InChI is InChI=1S/C60H60Cl2N8O17P2/c1-36(2)55(71)66-58-65-54-53(57(73)67-58)64-35-70(54)52-31-47(49(82-52)33-79-60(38-10-7-6-8-11-38,39-12-20-43(77-4)21-13-39)40-14-22-44(78-5)23-15-40)87-89(76,85-46-26-18-42(62)19-27-46)81-34-50-48(30-51(83-50)69-32-37(3)56(72)68-59(69)74)86-88(75,80-29-9-28-63)84-45-24-16-41(61)17-25-45/h6-8,10-27,32,35-36,47-52H,9,29-31,33-34H2,1-5H3,(H,68,72,74)(H2,65,66,67,71,73)/t47-,48-,49+,50+,51+,52+,88?,89?/m0/s1. The van der Waals surface area contributed by atoms with Crippen LogP contribution in [0.3, 0.4) is 0 Å². The number of hydrogen-bond donors (Lipinski definition) is 3. The van der Waals surface area contributed by atoms with E-state index in [1.807, 2.05) is 60.7 Å². The highest BCUT2D eigenvalue weighted by atomic mass is 35.5. The van der Waals surface area contributed by atoms with E-state index in [0.717, 1.165) is 4.57 Å². The zero-order valence-corrected chi connectivity index (χ0v) is 51.7. The molecule has 5 heterocycles. The Morgan fingerprint density at radius 2 is 1.24 bits per heavy atom. The van der Waals surface area contributed by atoms with Crippen molar-refractivity contribution in [2.75, 3.05) is 39.4 Å². The van der Waals surface area contributed by atoms with Crippen LogP contribution in [0.15, 0.2) is 154 Å². The lowest BCUT2D eigenvalue weighted by Crippen LogP contribution is -2.38. The maximum absolute atomic E-state index is 16.0. The van der Waals surface area contributed by atoms with Crippen LogP contribution in [0.5, 0.6) is 23.0 Å². The predicted molar refractivity (Wildman–Crippen MR) is 324 cm³/mol. The van der Waals surface area contributed by atoms with Gasteiger partial charge in [-0.15, -0.1) is 0 Å². The molecular formula is C60H60Cl2N8O17P2. The van der Waals surface area contributed by atoms with Gasteiger partial charge in [0.15, 0.2) is 11.2 Å². The number of ether oxygens (including phenoxy) is 5. The lowest BCUT2D eigenvalue weighted by atomic mass is 9.80. The van der Waals surface area contributed by atoms with Crippen molar-refractivity contribution in [2.45, 2.75) is 82.5 Å². The third kappa shape index (κ3) is 14.9. The number of phosphoric acid groups is 2. The Hall–Kier alpha value is -7.95. The quantitative estimate of drug-likeness (QED) is 0.0258. The van der Waals surface area contributed by atoms with Gasteiger partial charge in [0.2, 0.25) is 11.9 Å². The first kappa shape index (κ1) is 64.0. The minimum atomic E-state index is -5.10. The number of fused-ring (bicyclic) bond motifs is 1. The minimum Gasteiger partial charge on any atom is -0.497 e. The van der Waals surface area contributed by atoms with Gasteiger partial charge in [0.05, 0.1) is 52.9 Å². The smallest absolute Gasteiger partial charge is 0.497 e. The van der Waals surface area contributed by atoms with Gasteiger partial charge in [-0.05, 0) is 96.4 Å². The molecule has 2 aliphatic heterocycles. The van der Waals surface area contributed by atoms with Crippen LogP contribution in [0.4, 0.5) is 5.95 Å². The Balaban J connectivity index is 1.05. The molecule has 8 atom stereocenters. The van der Waals surface area contributed by atoms with Crippen LogP contribution in [0.2, 0.25) is 10.0 Å². The second kappa shape index (κ2) is 27.8. The molecule has 3 aromatic heterocycles. The summed E-state index contributed by atoms with van der Waals surface area (Å²) >= 11 is 12.5. The third-order valence-corrected chi connectivity index (χ3v) is 17.8. The largest absolute Gasteiger partial charge is 0.530 e. The molecule has 466 valence electrons. The fraction of sp³-hybridized carbons (Fsp3) is 0.317. The number of hydrogen-bond acceptors (Lipinski definition) is 20. The van der Waals surface area contributed by atoms with Crippen LogP contribution < -0.4 is 40.6 Å². The van der Waals surface area contributed by atoms with Crippen molar-refractivity contribution in [3.8, 4) is 29.1 Å². The summed E-state index contributed by atoms with van der Waals surface area (Å²) in [5.41, 5.74) is -1.55. The van der Waals surface area contributed by atoms with Crippen molar-refractivity contribution >= 4 is 61.9 Å². The lowest BCUT2D eigenvalue weighted by Gasteiger charge is -2.37. The molecule has 2 aliphatic rings. The van der Waals surface area contributed by atoms with Gasteiger partial charge in [0, 0.05) is 40.6 Å². The topological polar surface area (TPSA) is 307 Å². The first-order valence-electron chi connectivity index (χ1n) is 27.8. The summed E-state index contributed by atoms with van der Waals surface area (Å²) < 4.78 is 102. The molecule has 10 rings (SSSR count). The van der Waals surface area contributed by atoms with Gasteiger partial charge in [-0.2, -0.15) is 10.2 Å². The number of nitrogens with zero attached hydrogens (tertiary/aromatic N) is 5. The number of halogens is 2. The summed E-state index contributed by atoms with van der Waals surface area (Å²) in [6.07, 6.45) is -5.83. The fourth-order valence-electron chi connectivity index (χ4n) is 9.91. The number of amides is 1. The molecule has 89 heavy (non-hydrogen) atoms. The highest BCUT2D eigenvalue weighted by molar-refractivity contribution is 7.49. The van der Waals surface area contributed by atoms with Crippen LogP contribution in [0, 0.1) is 24.2 Å². The number of anilines is 1. The molecule has 0 saturated carbocycles. The monoisotopic (exact) mass is 1300 g/mol. The van der Waals surface area contributed by atoms with Crippen LogP contribution in [-0.4, -0.2) is 93.4 Å². The number of aryl methyl sites for hydroxylation is 1. The average molecular weight is 1300 g/mol. The molecule has 0 aliphatic carbocycles. The molecule has 2 unspecified atom stereocenters. The van der Waals surface area contributed by atoms with Gasteiger partial charge in [0.25, 0.3) is 11.1 Å². The zero-order valence-electron chi connectivity index (χ0n) is 48.4. The van der Waals surface area contributed by atoms with E-state index in [1.165, 1.54) is 72.5 Å². The van der Waals surface area contributed by atoms with Crippen molar-refractivity contribution in [2.24, 2.45) is 5.92 Å². The van der Waals surface area contributed by atoms with Crippen LogP contribution in [-0.2, 0) is 51.8 Å². The summed E-state index contributed by atoms with van der Waals surface area (Å²) in [6.45, 7) is 3.33. The summed E-state index contributed by atoms with van der Waals surface area (Å²) in [4.78, 5) is 66.2. The number of H-pyrrole nitrogens is 2. The Kier molecular flexibility index (Phi) is 20.0. The second-order valence-corrected chi connectivity index (χ2v) is 24.7. The van der Waals surface area contributed by atoms with Crippen molar-refractivity contribution in [3.63, 3.8) is 0 Å².